The molecule has 0 bridgehead atoms. The molecule has 1 aliphatic rings. The van der Waals surface area contributed by atoms with E-state index in [4.69, 9.17) is 0 Å². The fraction of sp³-hybridized carbons (Fsp3) is 0.500. The van der Waals surface area contributed by atoms with Gasteiger partial charge in [-0.05, 0) is 24.5 Å². The molecule has 1 aromatic carbocycles. The molecule has 1 atom stereocenters. The minimum Gasteiger partial charge on any atom is -0.353 e. The molecule has 5 nitrogen and oxygen atoms in total. The zero-order valence-electron chi connectivity index (χ0n) is 12.7. The van der Waals surface area contributed by atoms with Crippen molar-refractivity contribution in [3.63, 3.8) is 0 Å². The van der Waals surface area contributed by atoms with Gasteiger partial charge in [-0.2, -0.15) is 0 Å². The summed E-state index contributed by atoms with van der Waals surface area (Å²) in [5.74, 6) is -0.104. The van der Waals surface area contributed by atoms with Crippen LogP contribution in [-0.2, 0) is 11.2 Å². The van der Waals surface area contributed by atoms with Crippen LogP contribution in [0, 0.1) is 0 Å². The van der Waals surface area contributed by atoms with Gasteiger partial charge in [-0.3, -0.25) is 4.79 Å². The van der Waals surface area contributed by atoms with Gasteiger partial charge in [0.2, 0.25) is 5.91 Å². The summed E-state index contributed by atoms with van der Waals surface area (Å²) in [6.45, 7) is 5.32. The number of urea groups is 1. The van der Waals surface area contributed by atoms with Crippen LogP contribution in [0.1, 0.15) is 37.4 Å². The number of hydrogen-bond acceptors (Lipinski definition) is 2. The highest BCUT2D eigenvalue weighted by Crippen LogP contribution is 2.14. The van der Waals surface area contributed by atoms with Crippen LogP contribution in [0.5, 0.6) is 0 Å². The highest BCUT2D eigenvalue weighted by Gasteiger charge is 2.22. The van der Waals surface area contributed by atoms with E-state index in [1.807, 2.05) is 6.92 Å². The van der Waals surface area contributed by atoms with E-state index in [9.17, 15) is 9.59 Å². The largest absolute Gasteiger partial charge is 0.353 e. The van der Waals surface area contributed by atoms with Gasteiger partial charge in [0, 0.05) is 13.1 Å². The molecule has 1 fully saturated rings. The average molecular weight is 289 g/mol. The Kier molecular flexibility index (Phi) is 5.20. The van der Waals surface area contributed by atoms with Crippen LogP contribution < -0.4 is 10.6 Å². The van der Waals surface area contributed by atoms with Crippen molar-refractivity contribution in [2.75, 3.05) is 19.6 Å². The predicted molar refractivity (Wildman–Crippen MR) is 82.0 cm³/mol. The fourth-order valence-electron chi connectivity index (χ4n) is 2.43. The zero-order chi connectivity index (χ0) is 15.2. The molecule has 3 amide bonds. The number of carbonyl (C=O) groups excluding carboxylic acids is 2. The first kappa shape index (κ1) is 15.4. The van der Waals surface area contributed by atoms with Crippen molar-refractivity contribution in [2.24, 2.45) is 0 Å². The predicted octanol–water partition coefficient (Wildman–Crippen LogP) is 1.84. The highest BCUT2D eigenvalue weighted by atomic mass is 16.2. The molecule has 21 heavy (non-hydrogen) atoms. The third-order valence-corrected chi connectivity index (χ3v) is 3.68. The molecular formula is C16H23N3O2. The Morgan fingerprint density at radius 1 is 1.38 bits per heavy atom. The number of amides is 3. The average Bonchev–Trinajstić information content (AvgIpc) is 2.48. The van der Waals surface area contributed by atoms with Crippen molar-refractivity contribution in [3.8, 4) is 0 Å². The SMILES string of the molecule is CCCc1ccc([C@@H](C)NC(=O)N2CCNC(=O)C2)cc1. The number of benzene rings is 1. The van der Waals surface area contributed by atoms with Crippen molar-refractivity contribution in [1.82, 2.24) is 15.5 Å². The van der Waals surface area contributed by atoms with Crippen LogP contribution in [0.25, 0.3) is 0 Å². The summed E-state index contributed by atoms with van der Waals surface area (Å²) in [7, 11) is 0. The van der Waals surface area contributed by atoms with Crippen LogP contribution in [0.4, 0.5) is 4.79 Å². The Bertz CT molecular complexity index is 499. The smallest absolute Gasteiger partial charge is 0.318 e. The number of hydrogen-bond donors (Lipinski definition) is 2. The third-order valence-electron chi connectivity index (χ3n) is 3.68. The summed E-state index contributed by atoms with van der Waals surface area (Å²) >= 11 is 0. The molecular weight excluding hydrogens is 266 g/mol. The Labute approximate surface area is 125 Å². The van der Waals surface area contributed by atoms with Crippen molar-refractivity contribution in [3.05, 3.63) is 35.4 Å². The maximum atomic E-state index is 12.1. The molecule has 114 valence electrons. The third kappa shape index (κ3) is 4.21. The summed E-state index contributed by atoms with van der Waals surface area (Å²) in [5.41, 5.74) is 2.39. The van der Waals surface area contributed by atoms with Gasteiger partial charge < -0.3 is 15.5 Å². The Morgan fingerprint density at radius 3 is 2.71 bits per heavy atom. The molecule has 0 unspecified atom stereocenters. The van der Waals surface area contributed by atoms with Crippen LogP contribution >= 0.6 is 0 Å². The van der Waals surface area contributed by atoms with E-state index in [0.29, 0.717) is 13.1 Å². The number of carbonyl (C=O) groups is 2. The second kappa shape index (κ2) is 7.11. The summed E-state index contributed by atoms with van der Waals surface area (Å²) in [5, 5.41) is 5.65. The lowest BCUT2D eigenvalue weighted by Gasteiger charge is -2.28. The van der Waals surface area contributed by atoms with Crippen LogP contribution in [0.3, 0.4) is 0 Å². The lowest BCUT2D eigenvalue weighted by molar-refractivity contribution is -0.123. The number of piperazine rings is 1. The molecule has 2 N–H and O–H groups in total. The van der Waals surface area contributed by atoms with Gasteiger partial charge in [0.25, 0.3) is 0 Å². The monoisotopic (exact) mass is 289 g/mol. The highest BCUT2D eigenvalue weighted by molar-refractivity contribution is 5.85. The van der Waals surface area contributed by atoms with E-state index in [0.717, 1.165) is 18.4 Å². The van der Waals surface area contributed by atoms with E-state index >= 15 is 0 Å². The lowest BCUT2D eigenvalue weighted by Crippen LogP contribution is -2.53. The first-order valence-electron chi connectivity index (χ1n) is 7.51. The summed E-state index contributed by atoms with van der Waals surface area (Å²) in [6, 6.07) is 8.07. The van der Waals surface area contributed by atoms with Crippen molar-refractivity contribution in [2.45, 2.75) is 32.7 Å². The summed E-state index contributed by atoms with van der Waals surface area (Å²) < 4.78 is 0. The molecule has 0 aliphatic carbocycles. The first-order chi connectivity index (χ1) is 10.1. The molecule has 1 aliphatic heterocycles. The van der Waals surface area contributed by atoms with Gasteiger partial charge in [-0.25, -0.2) is 4.79 Å². The van der Waals surface area contributed by atoms with E-state index in [1.54, 1.807) is 4.90 Å². The maximum absolute atomic E-state index is 12.1. The summed E-state index contributed by atoms with van der Waals surface area (Å²) in [6.07, 6.45) is 2.20. The maximum Gasteiger partial charge on any atom is 0.318 e. The van der Waals surface area contributed by atoms with Gasteiger partial charge in [0.05, 0.1) is 6.04 Å². The molecule has 0 saturated carbocycles. The van der Waals surface area contributed by atoms with Gasteiger partial charge in [0.15, 0.2) is 0 Å². The number of nitrogens with one attached hydrogen (secondary N) is 2. The molecule has 1 saturated heterocycles. The Hall–Kier alpha value is -2.04. The Balaban J connectivity index is 1.92. The summed E-state index contributed by atoms with van der Waals surface area (Å²) in [4.78, 5) is 25.0. The normalized spacial score (nSPS) is 16.3. The van der Waals surface area contributed by atoms with E-state index in [2.05, 4.69) is 41.8 Å². The number of rotatable bonds is 4. The van der Waals surface area contributed by atoms with Crippen LogP contribution in [0.2, 0.25) is 0 Å². The fourth-order valence-corrected chi connectivity index (χ4v) is 2.43. The lowest BCUT2D eigenvalue weighted by atomic mass is 10.0. The second-order valence-corrected chi connectivity index (χ2v) is 5.43. The van der Waals surface area contributed by atoms with E-state index in [-0.39, 0.29) is 24.5 Å². The zero-order valence-corrected chi connectivity index (χ0v) is 12.7. The molecule has 2 rings (SSSR count). The molecule has 0 aromatic heterocycles. The van der Waals surface area contributed by atoms with E-state index < -0.39 is 0 Å². The minimum absolute atomic E-state index is 0.0711. The molecule has 1 heterocycles. The van der Waals surface area contributed by atoms with Gasteiger partial charge in [-0.15, -0.1) is 0 Å². The van der Waals surface area contributed by atoms with Gasteiger partial charge in [0.1, 0.15) is 6.54 Å². The van der Waals surface area contributed by atoms with E-state index in [1.165, 1.54) is 5.56 Å². The van der Waals surface area contributed by atoms with Crippen molar-refractivity contribution in [1.29, 1.82) is 0 Å². The molecule has 5 heteroatoms. The molecule has 0 spiro atoms. The van der Waals surface area contributed by atoms with Gasteiger partial charge in [-0.1, -0.05) is 37.6 Å². The quantitative estimate of drug-likeness (QED) is 0.888. The number of nitrogens with zero attached hydrogens (tertiary/aromatic N) is 1. The first-order valence-corrected chi connectivity index (χ1v) is 7.51. The standard InChI is InChI=1S/C16H23N3O2/c1-3-4-13-5-7-14(8-6-13)12(2)18-16(21)19-10-9-17-15(20)11-19/h5-8,12H,3-4,9-11H2,1-2H3,(H,17,20)(H,18,21)/t12-/m1/s1. The number of aryl methyl sites for hydroxylation is 1. The molecule has 1 aromatic rings. The topological polar surface area (TPSA) is 61.4 Å². The van der Waals surface area contributed by atoms with Crippen LogP contribution in [0.15, 0.2) is 24.3 Å². The van der Waals surface area contributed by atoms with Crippen molar-refractivity contribution >= 4 is 11.9 Å². The minimum atomic E-state index is -0.185. The van der Waals surface area contributed by atoms with Crippen molar-refractivity contribution < 1.29 is 9.59 Å². The van der Waals surface area contributed by atoms with Crippen LogP contribution in [-0.4, -0.2) is 36.5 Å². The second-order valence-electron chi connectivity index (χ2n) is 5.43. The van der Waals surface area contributed by atoms with Gasteiger partial charge >= 0.3 is 6.03 Å². The molecule has 0 radical (unpaired) electrons. The Morgan fingerprint density at radius 2 is 2.10 bits per heavy atom.